The molecular formula is C6H10N2O2S2. The topological polar surface area (TPSA) is 72.2 Å². The van der Waals surface area contributed by atoms with Crippen LogP contribution in [0, 0.1) is 0 Å². The Kier molecular flexibility index (Phi) is 2.84. The molecule has 0 amide bonds. The molecule has 1 heterocycles. The number of hydrogen-bond donors (Lipinski definition) is 2. The first-order chi connectivity index (χ1) is 5.49. The minimum Gasteiger partial charge on any atom is -0.216 e. The molecule has 68 valence electrons. The van der Waals surface area contributed by atoms with E-state index in [2.05, 4.69) is 4.72 Å². The lowest BCUT2D eigenvalue weighted by atomic mass is 10.2. The van der Waals surface area contributed by atoms with Gasteiger partial charge in [0.15, 0.2) is 0 Å². The van der Waals surface area contributed by atoms with Gasteiger partial charge in [-0.2, -0.15) is 24.5 Å². The highest BCUT2D eigenvalue weighted by Crippen LogP contribution is 2.15. The second kappa shape index (κ2) is 3.53. The zero-order chi connectivity index (χ0) is 9.19. The van der Waals surface area contributed by atoms with Gasteiger partial charge in [-0.15, -0.1) is 0 Å². The van der Waals surface area contributed by atoms with Crippen molar-refractivity contribution in [3.63, 3.8) is 0 Å². The van der Waals surface area contributed by atoms with Crippen molar-refractivity contribution < 1.29 is 8.42 Å². The molecule has 0 aromatic carbocycles. The minimum atomic E-state index is -3.59. The van der Waals surface area contributed by atoms with Gasteiger partial charge in [0.25, 0.3) is 10.2 Å². The maximum atomic E-state index is 10.6. The van der Waals surface area contributed by atoms with Crippen LogP contribution in [0.2, 0.25) is 0 Å². The monoisotopic (exact) mass is 206 g/mol. The Balaban J connectivity index is 2.68. The van der Waals surface area contributed by atoms with Crippen LogP contribution in [0.1, 0.15) is 18.5 Å². The maximum Gasteiger partial charge on any atom is 0.274 e. The molecule has 1 atom stereocenters. The third kappa shape index (κ3) is 2.90. The van der Waals surface area contributed by atoms with E-state index in [0.29, 0.717) is 0 Å². The van der Waals surface area contributed by atoms with Crippen molar-refractivity contribution in [2.24, 2.45) is 5.14 Å². The van der Waals surface area contributed by atoms with Crippen LogP contribution in [0.25, 0.3) is 0 Å². The molecule has 3 N–H and O–H groups in total. The summed E-state index contributed by atoms with van der Waals surface area (Å²) in [5, 5.41) is 8.57. The van der Waals surface area contributed by atoms with Gasteiger partial charge in [0, 0.05) is 6.04 Å². The van der Waals surface area contributed by atoms with E-state index in [1.807, 2.05) is 16.8 Å². The first-order valence-electron chi connectivity index (χ1n) is 3.31. The SMILES string of the molecule is CC(NS(N)(=O)=O)c1ccsc1. The van der Waals surface area contributed by atoms with Gasteiger partial charge in [-0.3, -0.25) is 0 Å². The molecule has 12 heavy (non-hydrogen) atoms. The Morgan fingerprint density at radius 3 is 2.75 bits per heavy atom. The fourth-order valence-electron chi connectivity index (χ4n) is 0.836. The van der Waals surface area contributed by atoms with Gasteiger partial charge in [0.05, 0.1) is 0 Å². The van der Waals surface area contributed by atoms with Crippen LogP contribution < -0.4 is 9.86 Å². The minimum absolute atomic E-state index is 0.258. The van der Waals surface area contributed by atoms with Crippen LogP contribution >= 0.6 is 11.3 Å². The van der Waals surface area contributed by atoms with E-state index in [0.717, 1.165) is 5.56 Å². The summed E-state index contributed by atoms with van der Waals surface area (Å²) in [7, 11) is -3.59. The highest BCUT2D eigenvalue weighted by atomic mass is 32.2. The Morgan fingerprint density at radius 2 is 2.33 bits per heavy atom. The molecule has 1 rings (SSSR count). The summed E-state index contributed by atoms with van der Waals surface area (Å²) in [4.78, 5) is 0. The normalized spacial score (nSPS) is 14.5. The lowest BCUT2D eigenvalue weighted by Crippen LogP contribution is -2.32. The Bertz CT molecular complexity index is 330. The van der Waals surface area contributed by atoms with Crippen molar-refractivity contribution in [3.8, 4) is 0 Å². The second-order valence-electron chi connectivity index (χ2n) is 2.44. The van der Waals surface area contributed by atoms with Gasteiger partial charge in [-0.05, 0) is 29.3 Å². The Labute approximate surface area is 75.6 Å². The molecule has 0 aliphatic carbocycles. The first-order valence-corrected chi connectivity index (χ1v) is 5.80. The number of rotatable bonds is 3. The molecular weight excluding hydrogens is 196 g/mol. The Morgan fingerprint density at radius 1 is 1.67 bits per heavy atom. The predicted molar refractivity (Wildman–Crippen MR) is 49.0 cm³/mol. The second-order valence-corrected chi connectivity index (χ2v) is 4.55. The highest BCUT2D eigenvalue weighted by Gasteiger charge is 2.10. The van der Waals surface area contributed by atoms with E-state index < -0.39 is 10.2 Å². The highest BCUT2D eigenvalue weighted by molar-refractivity contribution is 7.87. The van der Waals surface area contributed by atoms with E-state index >= 15 is 0 Å². The van der Waals surface area contributed by atoms with Crippen molar-refractivity contribution in [1.29, 1.82) is 0 Å². The first kappa shape index (κ1) is 9.66. The number of hydrogen-bond acceptors (Lipinski definition) is 3. The zero-order valence-electron chi connectivity index (χ0n) is 6.52. The fraction of sp³-hybridized carbons (Fsp3) is 0.333. The standard InChI is InChI=1S/C6H10N2O2S2/c1-5(8-12(7,9)10)6-2-3-11-4-6/h2-5,8H,1H3,(H2,7,9,10). The van der Waals surface area contributed by atoms with Crippen LogP contribution in [0.3, 0.4) is 0 Å². The fourth-order valence-corrected chi connectivity index (χ4v) is 2.22. The summed E-state index contributed by atoms with van der Waals surface area (Å²) in [6, 6.07) is 1.60. The van der Waals surface area contributed by atoms with Crippen LogP contribution in [0.5, 0.6) is 0 Å². The Hall–Kier alpha value is -0.430. The number of thiophene rings is 1. The van der Waals surface area contributed by atoms with Gasteiger partial charge in [-0.25, -0.2) is 5.14 Å². The van der Waals surface area contributed by atoms with Crippen molar-refractivity contribution in [2.45, 2.75) is 13.0 Å². The van der Waals surface area contributed by atoms with Crippen molar-refractivity contribution in [3.05, 3.63) is 22.4 Å². The van der Waals surface area contributed by atoms with E-state index in [1.54, 1.807) is 6.92 Å². The van der Waals surface area contributed by atoms with Crippen molar-refractivity contribution >= 4 is 21.5 Å². The molecule has 0 bridgehead atoms. The van der Waals surface area contributed by atoms with E-state index in [1.165, 1.54) is 11.3 Å². The van der Waals surface area contributed by atoms with E-state index in [9.17, 15) is 8.42 Å². The largest absolute Gasteiger partial charge is 0.274 e. The van der Waals surface area contributed by atoms with Crippen LogP contribution in [0.4, 0.5) is 0 Å². The zero-order valence-corrected chi connectivity index (χ0v) is 8.15. The van der Waals surface area contributed by atoms with Gasteiger partial charge < -0.3 is 0 Å². The smallest absolute Gasteiger partial charge is 0.216 e. The van der Waals surface area contributed by atoms with Crippen LogP contribution in [-0.2, 0) is 10.2 Å². The van der Waals surface area contributed by atoms with Gasteiger partial charge in [-0.1, -0.05) is 0 Å². The summed E-state index contributed by atoms with van der Waals surface area (Å²) >= 11 is 1.52. The number of nitrogens with one attached hydrogen (secondary N) is 1. The summed E-state index contributed by atoms with van der Waals surface area (Å²) in [5.41, 5.74) is 0.925. The van der Waals surface area contributed by atoms with Crippen LogP contribution in [-0.4, -0.2) is 8.42 Å². The quantitative estimate of drug-likeness (QED) is 0.760. The molecule has 1 unspecified atom stereocenters. The van der Waals surface area contributed by atoms with Crippen molar-refractivity contribution in [1.82, 2.24) is 4.72 Å². The molecule has 0 spiro atoms. The molecule has 0 aliphatic rings. The average molecular weight is 206 g/mol. The van der Waals surface area contributed by atoms with Gasteiger partial charge >= 0.3 is 0 Å². The molecule has 0 radical (unpaired) electrons. The van der Waals surface area contributed by atoms with Gasteiger partial charge in [0.2, 0.25) is 0 Å². The predicted octanol–water partition coefficient (Wildman–Crippen LogP) is 0.602. The number of nitrogens with two attached hydrogens (primary N) is 1. The van der Waals surface area contributed by atoms with E-state index in [4.69, 9.17) is 5.14 Å². The lowest BCUT2D eigenvalue weighted by molar-refractivity contribution is 0.569. The molecule has 0 aliphatic heterocycles. The maximum absolute atomic E-state index is 10.6. The average Bonchev–Trinajstić information content (AvgIpc) is 2.32. The van der Waals surface area contributed by atoms with Crippen molar-refractivity contribution in [2.75, 3.05) is 0 Å². The lowest BCUT2D eigenvalue weighted by Gasteiger charge is -2.08. The summed E-state index contributed by atoms with van der Waals surface area (Å²) in [6.45, 7) is 1.74. The molecule has 0 saturated heterocycles. The molecule has 0 fully saturated rings. The molecule has 6 heteroatoms. The third-order valence-corrected chi connectivity index (χ3v) is 2.77. The molecule has 1 aromatic rings. The van der Waals surface area contributed by atoms with E-state index in [-0.39, 0.29) is 6.04 Å². The summed E-state index contributed by atoms with van der Waals surface area (Å²) < 4.78 is 23.5. The van der Waals surface area contributed by atoms with Gasteiger partial charge in [0.1, 0.15) is 0 Å². The molecule has 4 nitrogen and oxygen atoms in total. The molecule has 0 saturated carbocycles. The third-order valence-electron chi connectivity index (χ3n) is 1.38. The molecule has 1 aromatic heterocycles. The summed E-state index contributed by atoms with van der Waals surface area (Å²) in [5.74, 6) is 0. The summed E-state index contributed by atoms with van der Waals surface area (Å²) in [6.07, 6.45) is 0. The van der Waals surface area contributed by atoms with Crippen LogP contribution in [0.15, 0.2) is 16.8 Å².